The lowest BCUT2D eigenvalue weighted by Crippen LogP contribution is -2.24. The van der Waals surface area contributed by atoms with Crippen molar-refractivity contribution < 1.29 is 8.42 Å². The highest BCUT2D eigenvalue weighted by Crippen LogP contribution is 2.26. The van der Waals surface area contributed by atoms with Gasteiger partial charge in [0.1, 0.15) is 0 Å². The van der Waals surface area contributed by atoms with Crippen LogP contribution in [0.5, 0.6) is 0 Å². The number of hydrogen-bond acceptors (Lipinski definition) is 4. The molecule has 4 nitrogen and oxygen atoms in total. The third-order valence-electron chi connectivity index (χ3n) is 4.13. The molecule has 136 valence electrons. The van der Waals surface area contributed by atoms with Crippen LogP contribution >= 0.6 is 11.3 Å². The molecule has 0 atom stereocenters. The summed E-state index contributed by atoms with van der Waals surface area (Å²) < 4.78 is 28.0. The average Bonchev–Trinajstić information content (AvgIpc) is 3.14. The Bertz CT molecular complexity index is 971. The SMILES string of the molecule is CC(C)(C)c1ccc(S(=O)(=O)NCc2cccnc2-c2cccs2)cc1. The van der Waals surface area contributed by atoms with Gasteiger partial charge >= 0.3 is 0 Å². The third-order valence-corrected chi connectivity index (χ3v) is 6.42. The minimum Gasteiger partial charge on any atom is -0.255 e. The van der Waals surface area contributed by atoms with Gasteiger partial charge in [0, 0.05) is 12.7 Å². The molecule has 0 bridgehead atoms. The smallest absolute Gasteiger partial charge is 0.240 e. The third kappa shape index (κ3) is 4.20. The average molecular weight is 387 g/mol. The van der Waals surface area contributed by atoms with Crippen LogP contribution in [0, 0.1) is 0 Å². The second kappa shape index (κ2) is 7.31. The van der Waals surface area contributed by atoms with E-state index in [9.17, 15) is 8.42 Å². The summed E-state index contributed by atoms with van der Waals surface area (Å²) in [6, 6.07) is 14.7. The van der Waals surface area contributed by atoms with E-state index < -0.39 is 10.0 Å². The molecule has 3 rings (SSSR count). The zero-order valence-electron chi connectivity index (χ0n) is 15.1. The first kappa shape index (κ1) is 18.8. The molecule has 0 radical (unpaired) electrons. The quantitative estimate of drug-likeness (QED) is 0.698. The van der Waals surface area contributed by atoms with Gasteiger partial charge in [-0.25, -0.2) is 13.1 Å². The molecule has 0 aliphatic heterocycles. The second-order valence-corrected chi connectivity index (χ2v) is 9.80. The van der Waals surface area contributed by atoms with Crippen molar-refractivity contribution in [1.82, 2.24) is 9.71 Å². The van der Waals surface area contributed by atoms with Crippen molar-refractivity contribution in [1.29, 1.82) is 0 Å². The lowest BCUT2D eigenvalue weighted by atomic mass is 9.87. The summed E-state index contributed by atoms with van der Waals surface area (Å²) in [6.07, 6.45) is 1.72. The lowest BCUT2D eigenvalue weighted by molar-refractivity contribution is 0.578. The minimum atomic E-state index is -3.58. The molecule has 1 aromatic carbocycles. The molecule has 0 fully saturated rings. The van der Waals surface area contributed by atoms with E-state index in [1.54, 1.807) is 29.7 Å². The summed E-state index contributed by atoms with van der Waals surface area (Å²) in [5.41, 5.74) is 2.75. The van der Waals surface area contributed by atoms with Crippen LogP contribution in [0.25, 0.3) is 10.6 Å². The fourth-order valence-corrected chi connectivity index (χ4v) is 4.37. The summed E-state index contributed by atoms with van der Waals surface area (Å²) in [7, 11) is -3.58. The van der Waals surface area contributed by atoms with E-state index in [1.807, 2.05) is 41.8 Å². The Morgan fingerprint density at radius 1 is 1.04 bits per heavy atom. The first-order valence-electron chi connectivity index (χ1n) is 8.35. The van der Waals surface area contributed by atoms with Gasteiger partial charge in [-0.1, -0.05) is 45.0 Å². The molecule has 0 saturated heterocycles. The fraction of sp³-hybridized carbons (Fsp3) is 0.250. The molecule has 0 amide bonds. The summed E-state index contributed by atoms with van der Waals surface area (Å²) in [4.78, 5) is 5.70. The summed E-state index contributed by atoms with van der Waals surface area (Å²) in [5.74, 6) is 0. The normalized spacial score (nSPS) is 12.3. The first-order valence-corrected chi connectivity index (χ1v) is 10.7. The fourth-order valence-electron chi connectivity index (χ4n) is 2.61. The molecule has 2 heterocycles. The summed E-state index contributed by atoms with van der Waals surface area (Å²) in [6.45, 7) is 6.50. The molecule has 0 spiro atoms. The van der Waals surface area contributed by atoms with E-state index in [2.05, 4.69) is 30.5 Å². The van der Waals surface area contributed by atoms with Crippen LogP contribution < -0.4 is 4.72 Å². The number of nitrogens with one attached hydrogen (secondary N) is 1. The van der Waals surface area contributed by atoms with Gasteiger partial charge in [-0.3, -0.25) is 4.98 Å². The number of benzene rings is 1. The second-order valence-electron chi connectivity index (χ2n) is 7.09. The molecule has 3 aromatic rings. The van der Waals surface area contributed by atoms with Crippen LogP contribution in [0.15, 0.2) is 65.0 Å². The van der Waals surface area contributed by atoms with Crippen molar-refractivity contribution in [3.63, 3.8) is 0 Å². The molecule has 2 aromatic heterocycles. The highest BCUT2D eigenvalue weighted by Gasteiger charge is 2.18. The zero-order chi connectivity index (χ0) is 18.8. The minimum absolute atomic E-state index is 0.0129. The van der Waals surface area contributed by atoms with E-state index in [0.29, 0.717) is 0 Å². The van der Waals surface area contributed by atoms with Crippen LogP contribution in [0.1, 0.15) is 31.9 Å². The Hall–Kier alpha value is -2.02. The van der Waals surface area contributed by atoms with Gasteiger partial charge in [0.05, 0.1) is 15.5 Å². The van der Waals surface area contributed by atoms with Crippen molar-refractivity contribution in [3.8, 4) is 10.6 Å². The van der Waals surface area contributed by atoms with Crippen molar-refractivity contribution in [2.45, 2.75) is 37.6 Å². The highest BCUT2D eigenvalue weighted by molar-refractivity contribution is 7.89. The van der Waals surface area contributed by atoms with Gasteiger partial charge in [-0.15, -0.1) is 11.3 Å². The number of hydrogen-bond donors (Lipinski definition) is 1. The number of thiophene rings is 1. The van der Waals surface area contributed by atoms with Crippen molar-refractivity contribution in [2.75, 3.05) is 0 Å². The molecule has 26 heavy (non-hydrogen) atoms. The van der Waals surface area contributed by atoms with E-state index in [4.69, 9.17) is 0 Å². The van der Waals surface area contributed by atoms with Gasteiger partial charge in [-0.2, -0.15) is 0 Å². The number of nitrogens with zero attached hydrogens (tertiary/aromatic N) is 1. The van der Waals surface area contributed by atoms with Crippen LogP contribution in [0.2, 0.25) is 0 Å². The van der Waals surface area contributed by atoms with Crippen molar-refractivity contribution >= 4 is 21.4 Å². The van der Waals surface area contributed by atoms with Gasteiger partial charge in [0.15, 0.2) is 0 Å². The topological polar surface area (TPSA) is 59.1 Å². The van der Waals surface area contributed by atoms with Crippen LogP contribution in [0.4, 0.5) is 0 Å². The number of aromatic nitrogens is 1. The van der Waals surface area contributed by atoms with Crippen molar-refractivity contribution in [3.05, 3.63) is 71.2 Å². The highest BCUT2D eigenvalue weighted by atomic mass is 32.2. The van der Waals surface area contributed by atoms with Gasteiger partial charge in [0.25, 0.3) is 0 Å². The zero-order valence-corrected chi connectivity index (χ0v) is 16.7. The molecule has 0 saturated carbocycles. The van der Waals surface area contributed by atoms with Gasteiger partial charge in [-0.05, 0) is 46.2 Å². The predicted octanol–water partition coefficient (Wildman–Crippen LogP) is 4.59. The Morgan fingerprint density at radius 3 is 2.38 bits per heavy atom. The molecular weight excluding hydrogens is 364 g/mol. The monoisotopic (exact) mass is 386 g/mol. The van der Waals surface area contributed by atoms with Crippen molar-refractivity contribution in [2.24, 2.45) is 0 Å². The molecule has 0 aliphatic rings. The van der Waals surface area contributed by atoms with Gasteiger partial charge < -0.3 is 0 Å². The molecule has 0 unspecified atom stereocenters. The number of pyridine rings is 1. The Morgan fingerprint density at radius 2 is 1.77 bits per heavy atom. The van der Waals surface area contributed by atoms with Crippen LogP contribution in [0.3, 0.4) is 0 Å². The Labute approximate surface area is 159 Å². The first-order chi connectivity index (χ1) is 12.3. The van der Waals surface area contributed by atoms with Gasteiger partial charge in [0.2, 0.25) is 10.0 Å². The van der Waals surface area contributed by atoms with Crippen LogP contribution in [-0.2, 0) is 22.0 Å². The number of rotatable bonds is 5. The maximum Gasteiger partial charge on any atom is 0.240 e. The standard InChI is InChI=1S/C20H22N2O2S2/c1-20(2,3)16-8-10-17(11-9-16)26(23,24)22-14-15-6-4-12-21-19(15)18-7-5-13-25-18/h4-13,22H,14H2,1-3H3. The summed E-state index contributed by atoms with van der Waals surface area (Å²) >= 11 is 1.58. The molecule has 0 aliphatic carbocycles. The maximum atomic E-state index is 12.6. The Kier molecular flexibility index (Phi) is 5.27. The lowest BCUT2D eigenvalue weighted by Gasteiger charge is -2.19. The predicted molar refractivity (Wildman–Crippen MR) is 107 cm³/mol. The van der Waals surface area contributed by atoms with Crippen LogP contribution in [-0.4, -0.2) is 13.4 Å². The van der Waals surface area contributed by atoms with E-state index in [0.717, 1.165) is 21.7 Å². The van der Waals surface area contributed by atoms with E-state index in [1.165, 1.54) is 0 Å². The largest absolute Gasteiger partial charge is 0.255 e. The van der Waals surface area contributed by atoms with E-state index in [-0.39, 0.29) is 16.9 Å². The maximum absolute atomic E-state index is 12.6. The number of sulfonamides is 1. The summed E-state index contributed by atoms with van der Waals surface area (Å²) in [5, 5.41) is 1.98. The van der Waals surface area contributed by atoms with E-state index >= 15 is 0 Å². The Balaban J connectivity index is 1.80. The molecule has 1 N–H and O–H groups in total. The molecule has 6 heteroatoms. The molecular formula is C20H22N2O2S2.